The lowest BCUT2D eigenvalue weighted by Crippen LogP contribution is -2.24. The van der Waals surface area contributed by atoms with E-state index in [-0.39, 0.29) is 11.2 Å². The van der Waals surface area contributed by atoms with E-state index in [1.807, 2.05) is 19.1 Å². The van der Waals surface area contributed by atoms with Crippen LogP contribution in [0.1, 0.15) is 13.3 Å². The van der Waals surface area contributed by atoms with Crippen LogP contribution in [-0.2, 0) is 6.54 Å². The highest BCUT2D eigenvalue weighted by Gasteiger charge is 2.09. The van der Waals surface area contributed by atoms with Gasteiger partial charge in [0, 0.05) is 6.54 Å². The number of pyridine rings is 1. The Morgan fingerprint density at radius 2 is 1.89 bits per heavy atom. The molecule has 0 radical (unpaired) electrons. The van der Waals surface area contributed by atoms with Crippen molar-refractivity contribution < 1.29 is 0 Å². The summed E-state index contributed by atoms with van der Waals surface area (Å²) >= 11 is 11.9. The van der Waals surface area contributed by atoms with Crippen LogP contribution in [0.15, 0.2) is 35.1 Å². The summed E-state index contributed by atoms with van der Waals surface area (Å²) < 4.78 is 1.66. The van der Waals surface area contributed by atoms with Gasteiger partial charge in [-0.1, -0.05) is 36.2 Å². The maximum absolute atomic E-state index is 12.1. The van der Waals surface area contributed by atoms with Crippen molar-refractivity contribution >= 4 is 28.9 Å². The van der Waals surface area contributed by atoms with Crippen molar-refractivity contribution in [2.24, 2.45) is 0 Å². The topological polar surface area (TPSA) is 48.0 Å². The molecular weight excluding hydrogens is 283 g/mol. The molecule has 3 nitrogen and oxygen atoms in total. The molecule has 1 aromatic carbocycles. The first-order valence-electron chi connectivity index (χ1n) is 5.99. The number of aromatic nitrogens is 1. The van der Waals surface area contributed by atoms with E-state index in [0.717, 1.165) is 17.7 Å². The molecule has 0 saturated heterocycles. The zero-order chi connectivity index (χ0) is 14.0. The molecule has 0 bridgehead atoms. The maximum atomic E-state index is 12.1. The first kappa shape index (κ1) is 14.0. The normalized spacial score (nSPS) is 10.7. The molecule has 2 aromatic rings. The first-order chi connectivity index (χ1) is 9.04. The molecule has 0 amide bonds. The SMILES string of the molecule is CCCn1c(-c2ccc(Cl)c(Cl)c2)ccc(N)c1=O. The van der Waals surface area contributed by atoms with Crippen LogP contribution >= 0.6 is 23.2 Å². The Labute approximate surface area is 121 Å². The highest BCUT2D eigenvalue weighted by molar-refractivity contribution is 6.42. The van der Waals surface area contributed by atoms with Crippen molar-refractivity contribution in [1.29, 1.82) is 0 Å². The van der Waals surface area contributed by atoms with Gasteiger partial charge < -0.3 is 10.3 Å². The standard InChI is InChI=1S/C14H14Cl2N2O/c1-2-7-18-13(6-5-12(17)14(18)19)9-3-4-10(15)11(16)8-9/h3-6,8H,2,7,17H2,1H3. The smallest absolute Gasteiger partial charge is 0.274 e. The third-order valence-electron chi connectivity index (χ3n) is 2.87. The summed E-state index contributed by atoms with van der Waals surface area (Å²) in [4.78, 5) is 12.1. The van der Waals surface area contributed by atoms with Crippen molar-refractivity contribution in [2.75, 3.05) is 5.73 Å². The summed E-state index contributed by atoms with van der Waals surface area (Å²) in [5.74, 6) is 0. The number of rotatable bonds is 3. The van der Waals surface area contributed by atoms with Crippen molar-refractivity contribution in [1.82, 2.24) is 4.57 Å². The zero-order valence-electron chi connectivity index (χ0n) is 10.5. The number of nitrogen functional groups attached to an aromatic ring is 1. The van der Waals surface area contributed by atoms with Crippen LogP contribution in [0.2, 0.25) is 10.0 Å². The lowest BCUT2D eigenvalue weighted by atomic mass is 10.1. The second-order valence-electron chi connectivity index (χ2n) is 4.26. The maximum Gasteiger partial charge on any atom is 0.274 e. The molecule has 5 heteroatoms. The molecule has 2 rings (SSSR count). The van der Waals surface area contributed by atoms with Crippen molar-refractivity contribution in [2.45, 2.75) is 19.9 Å². The van der Waals surface area contributed by atoms with E-state index in [4.69, 9.17) is 28.9 Å². The van der Waals surface area contributed by atoms with Crippen molar-refractivity contribution in [3.63, 3.8) is 0 Å². The molecule has 0 fully saturated rings. The van der Waals surface area contributed by atoms with Crippen LogP contribution in [0.4, 0.5) is 5.69 Å². The number of halogens is 2. The summed E-state index contributed by atoms with van der Waals surface area (Å²) in [5.41, 5.74) is 7.38. The Morgan fingerprint density at radius 1 is 1.16 bits per heavy atom. The lowest BCUT2D eigenvalue weighted by Gasteiger charge is -2.13. The average molecular weight is 297 g/mol. The predicted octanol–water partition coefficient (Wildman–Crippen LogP) is 3.81. The summed E-state index contributed by atoms with van der Waals surface area (Å²) in [6, 6.07) is 8.75. The highest BCUT2D eigenvalue weighted by atomic mass is 35.5. The van der Waals surface area contributed by atoms with Gasteiger partial charge in [-0.05, 0) is 36.2 Å². The molecule has 1 heterocycles. The van der Waals surface area contributed by atoms with Gasteiger partial charge >= 0.3 is 0 Å². The minimum absolute atomic E-state index is 0.176. The lowest BCUT2D eigenvalue weighted by molar-refractivity contribution is 0.663. The van der Waals surface area contributed by atoms with Crippen molar-refractivity contribution in [3.05, 3.63) is 50.7 Å². The van der Waals surface area contributed by atoms with E-state index in [1.54, 1.807) is 22.8 Å². The van der Waals surface area contributed by atoms with Gasteiger partial charge in [0.05, 0.1) is 21.4 Å². The van der Waals surface area contributed by atoms with E-state index >= 15 is 0 Å². The summed E-state index contributed by atoms with van der Waals surface area (Å²) in [6.45, 7) is 2.62. The zero-order valence-corrected chi connectivity index (χ0v) is 12.0. The number of nitrogens with zero attached hydrogens (tertiary/aromatic N) is 1. The number of hydrogen-bond acceptors (Lipinski definition) is 2. The molecule has 0 aliphatic heterocycles. The van der Waals surface area contributed by atoms with Crippen LogP contribution in [-0.4, -0.2) is 4.57 Å². The summed E-state index contributed by atoms with van der Waals surface area (Å²) in [6.07, 6.45) is 0.845. The number of nitrogens with two attached hydrogens (primary N) is 1. The van der Waals surface area contributed by atoms with E-state index in [0.29, 0.717) is 16.6 Å². The monoisotopic (exact) mass is 296 g/mol. The molecule has 0 aliphatic rings. The Hall–Kier alpha value is -1.45. The van der Waals surface area contributed by atoms with Gasteiger partial charge in [-0.25, -0.2) is 0 Å². The number of anilines is 1. The molecule has 100 valence electrons. The van der Waals surface area contributed by atoms with Gasteiger partial charge in [-0.2, -0.15) is 0 Å². The van der Waals surface area contributed by atoms with Gasteiger partial charge in [-0.3, -0.25) is 4.79 Å². The average Bonchev–Trinajstić information content (AvgIpc) is 2.39. The molecule has 0 saturated carbocycles. The Kier molecular flexibility index (Phi) is 4.17. The molecule has 0 atom stereocenters. The molecule has 0 spiro atoms. The predicted molar refractivity (Wildman–Crippen MR) is 80.9 cm³/mol. The third-order valence-corrected chi connectivity index (χ3v) is 3.61. The number of benzene rings is 1. The van der Waals surface area contributed by atoms with Crippen LogP contribution in [0.5, 0.6) is 0 Å². The first-order valence-corrected chi connectivity index (χ1v) is 6.75. The van der Waals surface area contributed by atoms with E-state index in [2.05, 4.69) is 0 Å². The third kappa shape index (κ3) is 2.77. The van der Waals surface area contributed by atoms with E-state index in [1.165, 1.54) is 0 Å². The molecular formula is C14H14Cl2N2O. The second-order valence-corrected chi connectivity index (χ2v) is 5.07. The summed E-state index contributed by atoms with van der Waals surface area (Å²) in [5, 5.41) is 0.955. The van der Waals surface area contributed by atoms with Crippen LogP contribution < -0.4 is 11.3 Å². The van der Waals surface area contributed by atoms with Crippen LogP contribution in [0.3, 0.4) is 0 Å². The minimum Gasteiger partial charge on any atom is -0.394 e. The Morgan fingerprint density at radius 3 is 2.53 bits per heavy atom. The molecule has 0 unspecified atom stereocenters. The van der Waals surface area contributed by atoms with E-state index < -0.39 is 0 Å². The van der Waals surface area contributed by atoms with E-state index in [9.17, 15) is 4.79 Å². The van der Waals surface area contributed by atoms with Gasteiger partial charge in [0.1, 0.15) is 0 Å². The van der Waals surface area contributed by atoms with Gasteiger partial charge in [0.15, 0.2) is 0 Å². The number of hydrogen-bond donors (Lipinski definition) is 1. The van der Waals surface area contributed by atoms with Crippen LogP contribution in [0.25, 0.3) is 11.3 Å². The van der Waals surface area contributed by atoms with Crippen LogP contribution in [0, 0.1) is 0 Å². The largest absolute Gasteiger partial charge is 0.394 e. The fourth-order valence-electron chi connectivity index (χ4n) is 1.95. The molecule has 19 heavy (non-hydrogen) atoms. The molecule has 0 aliphatic carbocycles. The molecule has 2 N–H and O–H groups in total. The fraction of sp³-hybridized carbons (Fsp3) is 0.214. The minimum atomic E-state index is -0.176. The second kappa shape index (κ2) is 5.68. The quantitative estimate of drug-likeness (QED) is 0.936. The van der Waals surface area contributed by atoms with Gasteiger partial charge in [0.2, 0.25) is 0 Å². The molecule has 1 aromatic heterocycles. The van der Waals surface area contributed by atoms with Crippen molar-refractivity contribution in [3.8, 4) is 11.3 Å². The summed E-state index contributed by atoms with van der Waals surface area (Å²) in [7, 11) is 0. The Bertz CT molecular complexity index is 665. The van der Waals surface area contributed by atoms with Gasteiger partial charge in [0.25, 0.3) is 5.56 Å². The Balaban J connectivity index is 2.64. The highest BCUT2D eigenvalue weighted by Crippen LogP contribution is 2.28. The van der Waals surface area contributed by atoms with Gasteiger partial charge in [-0.15, -0.1) is 0 Å². The fourth-order valence-corrected chi connectivity index (χ4v) is 2.25.